The highest BCUT2D eigenvalue weighted by Crippen LogP contribution is 2.70. The summed E-state index contributed by atoms with van der Waals surface area (Å²) >= 11 is 0. The minimum absolute atomic E-state index is 0.325. The molecule has 0 aromatic heterocycles. The largest absolute Gasteiger partial charge is 0.295 e. The van der Waals surface area contributed by atoms with E-state index in [0.29, 0.717) is 23.0 Å². The van der Waals surface area contributed by atoms with Crippen LogP contribution in [0.5, 0.6) is 0 Å². The average molecular weight is 218 g/mol. The van der Waals surface area contributed by atoms with E-state index in [-0.39, 0.29) is 0 Å². The highest BCUT2D eigenvalue weighted by atomic mass is 16.1. The van der Waals surface area contributed by atoms with Crippen molar-refractivity contribution in [1.82, 2.24) is 0 Å². The van der Waals surface area contributed by atoms with Crippen molar-refractivity contribution in [3.63, 3.8) is 0 Å². The highest BCUT2D eigenvalue weighted by molar-refractivity contribution is 5.96. The fourth-order valence-electron chi connectivity index (χ4n) is 5.14. The Morgan fingerprint density at radius 3 is 2.62 bits per heavy atom. The summed E-state index contributed by atoms with van der Waals surface area (Å²) < 4.78 is 0. The number of carbonyl (C=O) groups is 1. The van der Waals surface area contributed by atoms with Crippen LogP contribution in [0.4, 0.5) is 0 Å². The average Bonchev–Trinajstić information content (AvgIpc) is 2.15. The van der Waals surface area contributed by atoms with Crippen molar-refractivity contribution in [3.8, 4) is 0 Å². The third kappa shape index (κ3) is 1.00. The molecule has 0 heterocycles. The molecule has 5 atom stereocenters. The molecule has 0 N–H and O–H groups in total. The smallest absolute Gasteiger partial charge is 0.159 e. The Morgan fingerprint density at radius 1 is 1.38 bits per heavy atom. The monoisotopic (exact) mass is 218 g/mol. The van der Waals surface area contributed by atoms with Crippen molar-refractivity contribution in [2.24, 2.45) is 35.0 Å². The Bertz CT molecular complexity index is 379. The van der Waals surface area contributed by atoms with Crippen LogP contribution in [-0.4, -0.2) is 5.78 Å². The lowest BCUT2D eigenvalue weighted by molar-refractivity contribution is -0.186. The summed E-state index contributed by atoms with van der Waals surface area (Å²) in [4.78, 5) is 12.2. The van der Waals surface area contributed by atoms with E-state index in [9.17, 15) is 4.79 Å². The van der Waals surface area contributed by atoms with Crippen LogP contribution in [0.15, 0.2) is 11.6 Å². The third-order valence-corrected chi connectivity index (χ3v) is 5.72. The zero-order valence-electron chi connectivity index (χ0n) is 10.8. The Morgan fingerprint density at radius 2 is 2.06 bits per heavy atom. The molecule has 0 radical (unpaired) electrons. The molecular formula is C15H22O. The lowest BCUT2D eigenvalue weighted by atomic mass is 9.34. The van der Waals surface area contributed by atoms with E-state index in [1.807, 2.05) is 6.08 Å². The summed E-state index contributed by atoms with van der Waals surface area (Å²) in [5, 5.41) is 0. The molecule has 4 bridgehead atoms. The minimum Gasteiger partial charge on any atom is -0.295 e. The maximum Gasteiger partial charge on any atom is 0.159 e. The molecule has 0 aliphatic heterocycles. The SMILES string of the molecule is CC1=CC(=O)[C@H]2[C@H]3[C@@H]1C2(C)CC[C@H]3C(C)C. The summed E-state index contributed by atoms with van der Waals surface area (Å²) in [5.41, 5.74) is 1.69. The number of hydrogen-bond donors (Lipinski definition) is 0. The standard InChI is InChI=1S/C15H22O/c1-8(2)10-5-6-15(4)13-9(3)7-11(16)14(15)12(10)13/h7-8,10,12-14H,5-6H2,1-4H3/t10-,12+,13+,14-,15?/m0/s1. The normalized spacial score (nSPS) is 50.1. The predicted octanol–water partition coefficient (Wildman–Crippen LogP) is 3.45. The van der Waals surface area contributed by atoms with Gasteiger partial charge in [-0.25, -0.2) is 0 Å². The summed E-state index contributed by atoms with van der Waals surface area (Å²) in [5.74, 6) is 3.70. The third-order valence-electron chi connectivity index (χ3n) is 5.72. The van der Waals surface area contributed by atoms with Gasteiger partial charge in [0.05, 0.1) is 0 Å². The summed E-state index contributed by atoms with van der Waals surface area (Å²) in [7, 11) is 0. The van der Waals surface area contributed by atoms with Gasteiger partial charge in [0.2, 0.25) is 0 Å². The maximum absolute atomic E-state index is 12.2. The van der Waals surface area contributed by atoms with E-state index < -0.39 is 0 Å². The molecule has 16 heavy (non-hydrogen) atoms. The van der Waals surface area contributed by atoms with Crippen molar-refractivity contribution in [2.45, 2.75) is 40.5 Å². The van der Waals surface area contributed by atoms with Crippen LogP contribution >= 0.6 is 0 Å². The summed E-state index contributed by atoms with van der Waals surface area (Å²) in [6.07, 6.45) is 4.53. The Balaban J connectivity index is 2.02. The van der Waals surface area contributed by atoms with E-state index in [1.54, 1.807) is 0 Å². The number of fused-ring (bicyclic) bond motifs is 1. The number of hydrogen-bond acceptors (Lipinski definition) is 1. The van der Waals surface area contributed by atoms with Crippen LogP contribution in [0.1, 0.15) is 40.5 Å². The number of ketones is 1. The van der Waals surface area contributed by atoms with Crippen molar-refractivity contribution in [3.05, 3.63) is 11.6 Å². The molecule has 2 saturated carbocycles. The van der Waals surface area contributed by atoms with E-state index in [4.69, 9.17) is 0 Å². The van der Waals surface area contributed by atoms with Gasteiger partial charge in [0.15, 0.2) is 5.78 Å². The lowest BCUT2D eigenvalue weighted by Crippen LogP contribution is -2.66. The molecule has 0 aromatic rings. The van der Waals surface area contributed by atoms with E-state index in [1.165, 1.54) is 18.4 Å². The number of rotatable bonds is 1. The fourth-order valence-corrected chi connectivity index (χ4v) is 5.14. The molecule has 88 valence electrons. The van der Waals surface area contributed by atoms with Gasteiger partial charge in [-0.1, -0.05) is 26.3 Å². The molecule has 4 aliphatic rings. The van der Waals surface area contributed by atoms with Gasteiger partial charge in [-0.3, -0.25) is 4.79 Å². The van der Waals surface area contributed by atoms with Gasteiger partial charge in [-0.2, -0.15) is 0 Å². The van der Waals surface area contributed by atoms with Gasteiger partial charge in [0, 0.05) is 5.92 Å². The van der Waals surface area contributed by atoms with Gasteiger partial charge in [-0.15, -0.1) is 0 Å². The van der Waals surface area contributed by atoms with Crippen molar-refractivity contribution >= 4 is 5.78 Å². The van der Waals surface area contributed by atoms with Crippen molar-refractivity contribution in [2.75, 3.05) is 0 Å². The molecule has 4 aliphatic carbocycles. The first kappa shape index (κ1) is 10.6. The topological polar surface area (TPSA) is 17.1 Å². The second-order valence-corrected chi connectivity index (χ2v) is 6.78. The molecule has 0 saturated heterocycles. The van der Waals surface area contributed by atoms with Crippen molar-refractivity contribution in [1.29, 1.82) is 0 Å². The first-order valence-corrected chi connectivity index (χ1v) is 6.69. The van der Waals surface area contributed by atoms with Gasteiger partial charge in [0.1, 0.15) is 0 Å². The fraction of sp³-hybridized carbons (Fsp3) is 0.800. The molecule has 0 amide bonds. The molecule has 0 aromatic carbocycles. The van der Waals surface area contributed by atoms with E-state index in [2.05, 4.69) is 27.7 Å². The van der Waals surface area contributed by atoms with E-state index >= 15 is 0 Å². The quantitative estimate of drug-likeness (QED) is 0.659. The first-order valence-electron chi connectivity index (χ1n) is 6.69. The van der Waals surface area contributed by atoms with Gasteiger partial charge >= 0.3 is 0 Å². The zero-order chi connectivity index (χ0) is 11.7. The molecule has 4 rings (SSSR count). The van der Waals surface area contributed by atoms with Gasteiger partial charge in [0.25, 0.3) is 0 Å². The molecule has 1 unspecified atom stereocenters. The zero-order valence-corrected chi connectivity index (χ0v) is 10.8. The Labute approximate surface area is 98.3 Å². The predicted molar refractivity (Wildman–Crippen MR) is 64.9 cm³/mol. The first-order chi connectivity index (χ1) is 7.47. The molecule has 0 spiro atoms. The second-order valence-electron chi connectivity index (χ2n) is 6.78. The minimum atomic E-state index is 0.325. The van der Waals surface area contributed by atoms with Crippen LogP contribution in [0.25, 0.3) is 0 Å². The summed E-state index contributed by atoms with van der Waals surface area (Å²) in [6, 6.07) is 0. The molecule has 1 heteroatoms. The summed E-state index contributed by atoms with van der Waals surface area (Å²) in [6.45, 7) is 9.17. The molecule has 1 nitrogen and oxygen atoms in total. The maximum atomic E-state index is 12.2. The number of allylic oxidation sites excluding steroid dienone is 2. The second kappa shape index (κ2) is 3.00. The van der Waals surface area contributed by atoms with Gasteiger partial charge < -0.3 is 0 Å². The molecule has 2 fully saturated rings. The van der Waals surface area contributed by atoms with Crippen LogP contribution in [0, 0.1) is 35.0 Å². The van der Waals surface area contributed by atoms with Crippen molar-refractivity contribution < 1.29 is 4.79 Å². The number of carbonyl (C=O) groups excluding carboxylic acids is 1. The highest BCUT2D eigenvalue weighted by Gasteiger charge is 2.68. The van der Waals surface area contributed by atoms with Gasteiger partial charge in [-0.05, 0) is 54.9 Å². The van der Waals surface area contributed by atoms with Crippen LogP contribution in [-0.2, 0) is 4.79 Å². The lowest BCUT2D eigenvalue weighted by Gasteiger charge is -2.69. The Kier molecular flexibility index (Phi) is 1.98. The Hall–Kier alpha value is -0.590. The molecular weight excluding hydrogens is 196 g/mol. The van der Waals surface area contributed by atoms with Crippen LogP contribution in [0.3, 0.4) is 0 Å². The van der Waals surface area contributed by atoms with Crippen LogP contribution < -0.4 is 0 Å². The van der Waals surface area contributed by atoms with Crippen LogP contribution in [0.2, 0.25) is 0 Å². The van der Waals surface area contributed by atoms with E-state index in [0.717, 1.165) is 17.8 Å².